The maximum atomic E-state index is 12.9. The minimum Gasteiger partial charge on any atom is -0.346 e. The highest BCUT2D eigenvalue weighted by Crippen LogP contribution is 2.25. The molecule has 8 heteroatoms. The second-order valence-corrected chi connectivity index (χ2v) is 10.1. The normalized spacial score (nSPS) is 16.5. The zero-order valence-corrected chi connectivity index (χ0v) is 18.9. The van der Waals surface area contributed by atoms with Crippen molar-refractivity contribution in [1.29, 1.82) is 0 Å². The first kappa shape index (κ1) is 22.0. The van der Waals surface area contributed by atoms with E-state index < -0.39 is 10.0 Å². The smallest absolute Gasteiger partial charge is 0.244 e. The largest absolute Gasteiger partial charge is 0.346 e. The van der Waals surface area contributed by atoms with Gasteiger partial charge in [0.25, 0.3) is 0 Å². The Morgan fingerprint density at radius 2 is 1.72 bits per heavy atom. The van der Waals surface area contributed by atoms with Crippen LogP contribution in [-0.2, 0) is 10.0 Å². The number of ketones is 1. The van der Waals surface area contributed by atoms with Gasteiger partial charge in [0, 0.05) is 49.2 Å². The fourth-order valence-electron chi connectivity index (χ4n) is 4.06. The molecule has 158 valence electrons. The van der Waals surface area contributed by atoms with E-state index in [-0.39, 0.29) is 15.7 Å². The van der Waals surface area contributed by atoms with Gasteiger partial charge in [-0.2, -0.15) is 4.31 Å². The lowest BCUT2D eigenvalue weighted by atomic mass is 10.1. The van der Waals surface area contributed by atoms with Crippen molar-refractivity contribution in [2.45, 2.75) is 38.6 Å². The number of hydrogen-bond donors (Lipinski definition) is 0. The fraction of sp³-hybridized carbons (Fsp3) is 0.476. The van der Waals surface area contributed by atoms with Crippen molar-refractivity contribution in [3.8, 4) is 0 Å². The summed E-state index contributed by atoms with van der Waals surface area (Å²) in [6.45, 7) is 10.2. The summed E-state index contributed by atoms with van der Waals surface area (Å²) < 4.78 is 29.3. The molecule has 6 nitrogen and oxygen atoms in total. The molecular weight excluding hydrogens is 410 g/mol. The van der Waals surface area contributed by atoms with Crippen LogP contribution in [0.15, 0.2) is 35.2 Å². The zero-order chi connectivity index (χ0) is 21.3. The van der Waals surface area contributed by atoms with E-state index in [1.807, 2.05) is 24.8 Å². The van der Waals surface area contributed by atoms with E-state index in [2.05, 4.69) is 18.4 Å². The number of aromatic nitrogens is 1. The third kappa shape index (κ3) is 4.43. The number of sulfonamides is 1. The van der Waals surface area contributed by atoms with Crippen LogP contribution in [0.4, 0.5) is 0 Å². The van der Waals surface area contributed by atoms with Crippen LogP contribution in [0.3, 0.4) is 0 Å². The van der Waals surface area contributed by atoms with Crippen LogP contribution in [0.2, 0.25) is 5.02 Å². The number of hydrogen-bond acceptors (Lipinski definition) is 4. The second kappa shape index (κ2) is 8.60. The monoisotopic (exact) mass is 437 g/mol. The van der Waals surface area contributed by atoms with Crippen LogP contribution in [0, 0.1) is 13.8 Å². The molecule has 2 heterocycles. The standard InChI is InChI=1S/C21H28ClN3O3S/c1-15(2)25-16(3)13-18(17(25)4)20(26)14-23-9-11-24(12-10-23)29(27,28)21-8-6-5-7-19(21)22/h5-8,13,15H,9-12,14H2,1-4H3. The molecule has 0 atom stereocenters. The summed E-state index contributed by atoms with van der Waals surface area (Å²) in [5, 5.41) is 0.227. The van der Waals surface area contributed by atoms with Crippen LogP contribution in [-0.4, -0.2) is 60.7 Å². The average molecular weight is 438 g/mol. The van der Waals surface area contributed by atoms with Gasteiger partial charge in [0.15, 0.2) is 5.78 Å². The predicted molar refractivity (Wildman–Crippen MR) is 115 cm³/mol. The van der Waals surface area contributed by atoms with E-state index >= 15 is 0 Å². The lowest BCUT2D eigenvalue weighted by Crippen LogP contribution is -2.49. The van der Waals surface area contributed by atoms with Crippen LogP contribution in [0.25, 0.3) is 0 Å². The summed E-state index contributed by atoms with van der Waals surface area (Å²) in [7, 11) is -3.63. The van der Waals surface area contributed by atoms with Crippen molar-refractivity contribution >= 4 is 27.4 Å². The molecule has 2 aromatic rings. The van der Waals surface area contributed by atoms with E-state index in [0.717, 1.165) is 17.0 Å². The summed E-state index contributed by atoms with van der Waals surface area (Å²) >= 11 is 6.08. The van der Waals surface area contributed by atoms with E-state index in [1.54, 1.807) is 18.2 Å². The Hall–Kier alpha value is -1.67. The summed E-state index contributed by atoms with van der Waals surface area (Å²) in [4.78, 5) is 15.0. The van der Waals surface area contributed by atoms with Crippen LogP contribution in [0.1, 0.15) is 41.6 Å². The van der Waals surface area contributed by atoms with Gasteiger partial charge < -0.3 is 4.57 Å². The number of benzene rings is 1. The van der Waals surface area contributed by atoms with Gasteiger partial charge in [-0.05, 0) is 45.9 Å². The van der Waals surface area contributed by atoms with Gasteiger partial charge in [-0.1, -0.05) is 23.7 Å². The van der Waals surface area contributed by atoms with Crippen molar-refractivity contribution in [3.63, 3.8) is 0 Å². The van der Waals surface area contributed by atoms with Crippen molar-refractivity contribution in [2.24, 2.45) is 0 Å². The highest BCUT2D eigenvalue weighted by molar-refractivity contribution is 7.89. The molecule has 1 fully saturated rings. The molecule has 1 aliphatic heterocycles. The van der Waals surface area contributed by atoms with Gasteiger partial charge in [-0.15, -0.1) is 0 Å². The Morgan fingerprint density at radius 1 is 1.10 bits per heavy atom. The fourth-order valence-corrected chi connectivity index (χ4v) is 5.98. The Kier molecular flexibility index (Phi) is 6.53. The Labute approximate surface area is 178 Å². The van der Waals surface area contributed by atoms with Gasteiger partial charge in [0.2, 0.25) is 10.0 Å². The van der Waals surface area contributed by atoms with Crippen LogP contribution < -0.4 is 0 Å². The van der Waals surface area contributed by atoms with Gasteiger partial charge in [-0.25, -0.2) is 8.42 Å². The van der Waals surface area contributed by atoms with E-state index in [4.69, 9.17) is 11.6 Å². The lowest BCUT2D eigenvalue weighted by Gasteiger charge is -2.33. The third-order valence-electron chi connectivity index (χ3n) is 5.45. The molecule has 0 radical (unpaired) electrons. The number of Topliss-reactive ketones (excluding diaryl/α,β-unsaturated/α-hetero) is 1. The lowest BCUT2D eigenvalue weighted by molar-refractivity contribution is 0.0901. The number of halogens is 1. The molecule has 0 bridgehead atoms. The molecular formula is C21H28ClN3O3S. The summed E-state index contributed by atoms with van der Waals surface area (Å²) in [5.41, 5.74) is 2.82. The second-order valence-electron chi connectivity index (χ2n) is 7.78. The molecule has 0 amide bonds. The van der Waals surface area contributed by atoms with Crippen LogP contribution >= 0.6 is 11.6 Å². The quantitative estimate of drug-likeness (QED) is 0.648. The SMILES string of the molecule is Cc1cc(C(=O)CN2CCN(S(=O)(=O)c3ccccc3Cl)CC2)c(C)n1C(C)C. The van der Waals surface area contributed by atoms with E-state index in [0.29, 0.717) is 38.8 Å². The molecule has 1 saturated heterocycles. The Morgan fingerprint density at radius 3 is 2.28 bits per heavy atom. The molecule has 0 unspecified atom stereocenters. The number of carbonyl (C=O) groups excluding carboxylic acids is 1. The number of rotatable bonds is 6. The van der Waals surface area contributed by atoms with Crippen molar-refractivity contribution in [2.75, 3.05) is 32.7 Å². The molecule has 29 heavy (non-hydrogen) atoms. The van der Waals surface area contributed by atoms with Gasteiger partial charge in [0.05, 0.1) is 11.6 Å². The highest BCUT2D eigenvalue weighted by atomic mass is 35.5. The molecule has 0 spiro atoms. The third-order valence-corrected chi connectivity index (χ3v) is 7.85. The Bertz CT molecular complexity index is 1010. The number of nitrogens with zero attached hydrogens (tertiary/aromatic N) is 3. The van der Waals surface area contributed by atoms with Gasteiger partial charge >= 0.3 is 0 Å². The maximum Gasteiger partial charge on any atom is 0.244 e. The summed E-state index contributed by atoms with van der Waals surface area (Å²) in [5.74, 6) is 0.0763. The minimum atomic E-state index is -3.63. The molecule has 0 N–H and O–H groups in total. The zero-order valence-electron chi connectivity index (χ0n) is 17.4. The number of carbonyl (C=O) groups is 1. The number of piperazine rings is 1. The molecule has 0 saturated carbocycles. The first-order valence-electron chi connectivity index (χ1n) is 9.81. The van der Waals surface area contributed by atoms with Crippen molar-refractivity contribution in [3.05, 3.63) is 52.3 Å². The van der Waals surface area contributed by atoms with Gasteiger partial charge in [0.1, 0.15) is 4.90 Å². The first-order valence-corrected chi connectivity index (χ1v) is 11.6. The van der Waals surface area contributed by atoms with Crippen LogP contribution in [0.5, 0.6) is 0 Å². The molecule has 1 aliphatic rings. The Balaban J connectivity index is 1.65. The highest BCUT2D eigenvalue weighted by Gasteiger charge is 2.30. The van der Waals surface area contributed by atoms with Gasteiger partial charge in [-0.3, -0.25) is 9.69 Å². The molecule has 0 aliphatic carbocycles. The van der Waals surface area contributed by atoms with E-state index in [9.17, 15) is 13.2 Å². The predicted octanol–water partition coefficient (Wildman–Crippen LogP) is 3.53. The first-order chi connectivity index (χ1) is 13.6. The summed E-state index contributed by atoms with van der Waals surface area (Å²) in [6.07, 6.45) is 0. The number of aryl methyl sites for hydroxylation is 1. The van der Waals surface area contributed by atoms with Crippen molar-refractivity contribution in [1.82, 2.24) is 13.8 Å². The average Bonchev–Trinajstić information content (AvgIpc) is 2.97. The molecule has 1 aromatic carbocycles. The maximum absolute atomic E-state index is 12.9. The van der Waals surface area contributed by atoms with E-state index in [1.165, 1.54) is 10.4 Å². The molecule has 3 rings (SSSR count). The molecule has 1 aromatic heterocycles. The van der Waals surface area contributed by atoms with Crippen molar-refractivity contribution < 1.29 is 13.2 Å². The minimum absolute atomic E-state index is 0.0763. The topological polar surface area (TPSA) is 62.6 Å². The summed E-state index contributed by atoms with van der Waals surface area (Å²) in [6, 6.07) is 8.74.